The quantitative estimate of drug-likeness (QED) is 0.0771. The van der Waals surface area contributed by atoms with Crippen LogP contribution in [0.5, 0.6) is 0 Å². The van der Waals surface area contributed by atoms with Crippen molar-refractivity contribution in [1.29, 1.82) is 0 Å². The van der Waals surface area contributed by atoms with Gasteiger partial charge in [-0.1, -0.05) is 300 Å². The molecule has 5 heteroatoms. The summed E-state index contributed by atoms with van der Waals surface area (Å²) in [4.78, 5) is 5.46. The predicted molar refractivity (Wildman–Crippen MR) is 455 cm³/mol. The maximum Gasteiger partial charge on any atom is 0.252 e. The van der Waals surface area contributed by atoms with Gasteiger partial charge in [-0.05, 0) is 189 Å². The molecule has 0 radical (unpaired) electrons. The molecule has 0 saturated heterocycles. The van der Waals surface area contributed by atoms with Crippen molar-refractivity contribution < 1.29 is 0 Å². The molecule has 0 N–H and O–H groups in total. The SMILES string of the molecule is CC(C)(C)c1cc2c3c(c1)N(c1c(-c4ccccc4)cc(-c4ccccc4)cc1-c1ccccc1)c1cc(-n4c5ccc6cccc7c8cccc9ccc4c(c98)c5c67)ccc1B3c1ccc(-n3c4ccccc4c4ccccc43)cc1N2c1c(-c2ccccc2)cc(-c2ccccc2)cc1-c1ccccc1. The molecule has 2 aliphatic heterocycles. The van der Waals surface area contributed by atoms with Crippen molar-refractivity contribution in [2.45, 2.75) is 26.2 Å². The van der Waals surface area contributed by atoms with Crippen LogP contribution in [0.2, 0.25) is 0 Å². The van der Waals surface area contributed by atoms with Gasteiger partial charge in [-0.2, -0.15) is 0 Å². The minimum atomic E-state index is -0.354. The highest BCUT2D eigenvalue weighted by Gasteiger charge is 2.47. The van der Waals surface area contributed by atoms with Gasteiger partial charge in [0, 0.05) is 77.9 Å². The first kappa shape index (κ1) is 61.0. The molecule has 0 unspecified atom stereocenters. The molecular weight excluding hydrogens is 1290 g/mol. The molecule has 18 aromatic carbocycles. The van der Waals surface area contributed by atoms with Crippen LogP contribution in [0.25, 0.3) is 154 Å². The summed E-state index contributed by atoms with van der Waals surface area (Å²) in [7, 11) is 0. The van der Waals surface area contributed by atoms with Gasteiger partial charge in [0.1, 0.15) is 0 Å². The number of hydrogen-bond donors (Lipinski definition) is 0. The maximum atomic E-state index is 2.74. The van der Waals surface area contributed by atoms with E-state index in [-0.39, 0.29) is 12.1 Å². The third-order valence-corrected chi connectivity index (χ3v) is 23.3. The van der Waals surface area contributed by atoms with E-state index in [0.717, 1.165) is 123 Å². The number of fused-ring (bicyclic) bond motifs is 8. The van der Waals surface area contributed by atoms with Crippen LogP contribution < -0.4 is 26.2 Å². The molecule has 500 valence electrons. The number of hydrogen-bond acceptors (Lipinski definition) is 2. The first-order valence-corrected chi connectivity index (χ1v) is 37.4. The zero-order valence-corrected chi connectivity index (χ0v) is 59.5. The second-order valence-corrected chi connectivity index (χ2v) is 30.2. The fourth-order valence-electron chi connectivity index (χ4n) is 18.5. The van der Waals surface area contributed by atoms with E-state index in [1.807, 2.05) is 0 Å². The van der Waals surface area contributed by atoms with Crippen molar-refractivity contribution in [2.24, 2.45) is 0 Å². The van der Waals surface area contributed by atoms with Gasteiger partial charge in [-0.3, -0.25) is 0 Å². The third kappa shape index (κ3) is 9.24. The van der Waals surface area contributed by atoms with Crippen LogP contribution >= 0.6 is 0 Å². The zero-order chi connectivity index (χ0) is 70.8. The molecule has 0 aliphatic carbocycles. The highest BCUT2D eigenvalue weighted by Crippen LogP contribution is 2.57. The summed E-state index contributed by atoms with van der Waals surface area (Å²) in [6.07, 6.45) is 0. The first-order chi connectivity index (χ1) is 52.8. The Balaban J connectivity index is 0.919. The summed E-state index contributed by atoms with van der Waals surface area (Å²) in [5.74, 6) is 0. The van der Waals surface area contributed by atoms with Crippen molar-refractivity contribution in [1.82, 2.24) is 9.13 Å². The molecule has 22 rings (SSSR count). The zero-order valence-electron chi connectivity index (χ0n) is 59.5. The van der Waals surface area contributed by atoms with E-state index in [9.17, 15) is 0 Å². The molecule has 0 saturated carbocycles. The maximum absolute atomic E-state index is 2.74. The van der Waals surface area contributed by atoms with Crippen molar-refractivity contribution in [3.63, 3.8) is 0 Å². The van der Waals surface area contributed by atoms with Crippen LogP contribution in [0, 0.1) is 0 Å². The fraction of sp³-hybridized carbons (Fsp3) is 0.0392. The standard InChI is InChI=1S/C102H69BN4/c1-102(2,3)74-60-93-99-94(61-74)107(101-83(68-36-18-8-19-37-68)58-73(65-30-12-5-13-31-65)59-84(101)69-38-20-9-21-39-69)92-63-76(105-89-54-48-70-40-26-44-79-80-45-27-41-71-49-55-90(105)98(96(71)80)97(89)95(70)79)51-53-86(92)103(99)85-52-50-75(104-87-46-24-22-42-77(87)78-43-23-25-47-88(78)104)62-91(85)106(93)100-81(66-32-14-6-15-33-66)56-72(64-28-10-4-11-29-64)57-82(100)67-34-16-7-17-35-67/h4-63H,1-3H3. The van der Waals surface area contributed by atoms with E-state index in [1.54, 1.807) is 0 Å². The summed E-state index contributed by atoms with van der Waals surface area (Å²) in [6, 6.07) is 138. The van der Waals surface area contributed by atoms with Crippen LogP contribution in [0.15, 0.2) is 364 Å². The molecule has 0 fully saturated rings. The van der Waals surface area contributed by atoms with Gasteiger partial charge in [-0.15, -0.1) is 0 Å². The Kier molecular flexibility index (Phi) is 13.4. The van der Waals surface area contributed by atoms with Crippen LogP contribution in [0.4, 0.5) is 34.1 Å². The normalized spacial score (nSPS) is 12.8. The third-order valence-electron chi connectivity index (χ3n) is 23.3. The van der Waals surface area contributed by atoms with Crippen molar-refractivity contribution in [2.75, 3.05) is 9.80 Å². The van der Waals surface area contributed by atoms with E-state index in [1.165, 1.54) is 86.8 Å². The van der Waals surface area contributed by atoms with Gasteiger partial charge in [0.2, 0.25) is 0 Å². The first-order valence-electron chi connectivity index (χ1n) is 37.4. The summed E-state index contributed by atoms with van der Waals surface area (Å²) in [5.41, 5.74) is 31.9. The van der Waals surface area contributed by atoms with Crippen molar-refractivity contribution in [3.8, 4) is 78.1 Å². The lowest BCUT2D eigenvalue weighted by molar-refractivity contribution is 0.590. The molecule has 4 heterocycles. The van der Waals surface area contributed by atoms with E-state index in [4.69, 9.17) is 0 Å². The lowest BCUT2D eigenvalue weighted by Crippen LogP contribution is -2.61. The van der Waals surface area contributed by atoms with E-state index >= 15 is 0 Å². The van der Waals surface area contributed by atoms with E-state index in [0.29, 0.717) is 0 Å². The topological polar surface area (TPSA) is 16.3 Å². The Bertz CT molecular complexity index is 6680. The lowest BCUT2D eigenvalue weighted by atomic mass is 9.33. The van der Waals surface area contributed by atoms with Gasteiger partial charge >= 0.3 is 0 Å². The highest BCUT2D eigenvalue weighted by atomic mass is 15.2. The van der Waals surface area contributed by atoms with Crippen LogP contribution in [-0.2, 0) is 5.41 Å². The molecule has 0 atom stereocenters. The molecule has 0 bridgehead atoms. The summed E-state index contributed by atoms with van der Waals surface area (Å²) in [5, 5.41) is 12.8. The smallest absolute Gasteiger partial charge is 0.252 e. The number of para-hydroxylation sites is 2. The summed E-state index contributed by atoms with van der Waals surface area (Å²) < 4.78 is 5.09. The minimum absolute atomic E-state index is 0.265. The molecule has 0 spiro atoms. The molecule has 2 aliphatic rings. The molecule has 0 amide bonds. The van der Waals surface area contributed by atoms with Gasteiger partial charge in [-0.25, -0.2) is 0 Å². The van der Waals surface area contributed by atoms with Crippen molar-refractivity contribution >= 4 is 133 Å². The van der Waals surface area contributed by atoms with Gasteiger partial charge in [0.25, 0.3) is 6.71 Å². The number of anilines is 6. The molecule has 4 nitrogen and oxygen atoms in total. The molecule has 2 aromatic heterocycles. The van der Waals surface area contributed by atoms with Crippen molar-refractivity contribution in [3.05, 3.63) is 370 Å². The fourth-order valence-corrected chi connectivity index (χ4v) is 18.5. The summed E-state index contributed by atoms with van der Waals surface area (Å²) in [6.45, 7) is 6.94. The molecule has 20 aromatic rings. The van der Waals surface area contributed by atoms with Gasteiger partial charge in [0.05, 0.1) is 33.4 Å². The van der Waals surface area contributed by atoms with Crippen LogP contribution in [-0.4, -0.2) is 15.8 Å². The Morgan fingerprint density at radius 2 is 0.579 bits per heavy atom. The Labute approximate surface area is 621 Å². The van der Waals surface area contributed by atoms with E-state index in [2.05, 4.69) is 404 Å². The van der Waals surface area contributed by atoms with Gasteiger partial charge < -0.3 is 18.9 Å². The predicted octanol–water partition coefficient (Wildman–Crippen LogP) is 25.6. The largest absolute Gasteiger partial charge is 0.310 e. The summed E-state index contributed by atoms with van der Waals surface area (Å²) >= 11 is 0. The van der Waals surface area contributed by atoms with Crippen LogP contribution in [0.3, 0.4) is 0 Å². The lowest BCUT2D eigenvalue weighted by Gasteiger charge is -2.46. The molecule has 107 heavy (non-hydrogen) atoms. The van der Waals surface area contributed by atoms with Crippen LogP contribution in [0.1, 0.15) is 26.3 Å². The monoisotopic (exact) mass is 1360 g/mol. The highest BCUT2D eigenvalue weighted by molar-refractivity contribution is 7.00. The second-order valence-electron chi connectivity index (χ2n) is 30.2. The number of aromatic nitrogens is 2. The number of rotatable bonds is 10. The Hall–Kier alpha value is -13.5. The molecular formula is C102H69BN4. The average molecular weight is 1360 g/mol. The Morgan fingerprint density at radius 3 is 0.953 bits per heavy atom. The average Bonchev–Trinajstić information content (AvgIpc) is 1.01. The number of nitrogens with zero attached hydrogens (tertiary/aromatic N) is 4. The minimum Gasteiger partial charge on any atom is -0.310 e. The second kappa shape index (κ2) is 23.5. The Morgan fingerprint density at radius 1 is 0.243 bits per heavy atom. The number of benzene rings is 18. The van der Waals surface area contributed by atoms with E-state index < -0.39 is 0 Å². The van der Waals surface area contributed by atoms with Gasteiger partial charge in [0.15, 0.2) is 0 Å².